The van der Waals surface area contributed by atoms with Crippen molar-refractivity contribution in [2.75, 3.05) is 19.0 Å². The molecule has 28 heavy (non-hydrogen) atoms. The molecule has 0 fully saturated rings. The number of carbonyl (C=O) groups excluding carboxylic acids is 3. The van der Waals surface area contributed by atoms with E-state index in [1.54, 1.807) is 31.2 Å². The normalized spacial score (nSPS) is 18.8. The largest absolute Gasteiger partial charge is 0.494 e. The van der Waals surface area contributed by atoms with E-state index in [2.05, 4.69) is 11.4 Å². The van der Waals surface area contributed by atoms with Crippen molar-refractivity contribution in [3.05, 3.63) is 40.4 Å². The number of ether oxygens (including phenoxy) is 2. The van der Waals surface area contributed by atoms with E-state index in [1.165, 1.54) is 0 Å². The van der Waals surface area contributed by atoms with Gasteiger partial charge in [0.2, 0.25) is 11.8 Å². The van der Waals surface area contributed by atoms with Gasteiger partial charge in [-0.1, -0.05) is 30.0 Å². The molecule has 1 heterocycles. The number of para-hydroxylation sites is 1. The molecule has 0 aromatic heterocycles. The highest BCUT2D eigenvalue weighted by Crippen LogP contribution is 2.43. The average Bonchev–Trinajstić information content (AvgIpc) is 2.66. The fourth-order valence-electron chi connectivity index (χ4n) is 2.93. The van der Waals surface area contributed by atoms with E-state index < -0.39 is 29.6 Å². The number of hydrogen-bond donors (Lipinski definition) is 2. The van der Waals surface area contributed by atoms with Crippen LogP contribution < -0.4 is 15.8 Å². The minimum absolute atomic E-state index is 0.0946. The van der Waals surface area contributed by atoms with E-state index in [4.69, 9.17) is 15.2 Å². The Labute approximate surface area is 167 Å². The molecule has 1 aliphatic rings. The number of nitrogens with two attached hydrogens (primary N) is 1. The van der Waals surface area contributed by atoms with Gasteiger partial charge in [0.25, 0.3) is 0 Å². The zero-order valence-electron chi connectivity index (χ0n) is 15.6. The number of hydrogen-bond acceptors (Lipinski definition) is 7. The van der Waals surface area contributed by atoms with Crippen LogP contribution in [0.4, 0.5) is 0 Å². The molecule has 9 heteroatoms. The molecule has 2 rings (SSSR count). The van der Waals surface area contributed by atoms with E-state index in [9.17, 15) is 19.6 Å². The molecule has 0 saturated carbocycles. The van der Waals surface area contributed by atoms with Crippen LogP contribution in [0.2, 0.25) is 0 Å². The van der Waals surface area contributed by atoms with E-state index in [0.717, 1.165) is 11.8 Å². The summed E-state index contributed by atoms with van der Waals surface area (Å²) >= 11 is 0.944. The van der Waals surface area contributed by atoms with Gasteiger partial charge in [0.15, 0.2) is 0 Å². The predicted molar refractivity (Wildman–Crippen MR) is 103 cm³/mol. The molecular formula is C19H21N3O5S. The summed E-state index contributed by atoms with van der Waals surface area (Å²) in [6.45, 7) is 3.91. The van der Waals surface area contributed by atoms with Crippen LogP contribution in [0.3, 0.4) is 0 Å². The Morgan fingerprint density at radius 2 is 2.00 bits per heavy atom. The first-order chi connectivity index (χ1) is 13.4. The van der Waals surface area contributed by atoms with Crippen molar-refractivity contribution in [1.82, 2.24) is 5.32 Å². The fraction of sp³-hybridized carbons (Fsp3) is 0.368. The first-order valence-electron chi connectivity index (χ1n) is 8.69. The maximum absolute atomic E-state index is 12.8. The van der Waals surface area contributed by atoms with Crippen molar-refractivity contribution in [3.8, 4) is 11.8 Å². The van der Waals surface area contributed by atoms with Crippen LogP contribution >= 0.6 is 11.8 Å². The molecule has 2 amide bonds. The lowest BCUT2D eigenvalue weighted by atomic mass is 9.78. The molecule has 0 radical (unpaired) electrons. The van der Waals surface area contributed by atoms with Crippen LogP contribution in [0.1, 0.15) is 25.3 Å². The molecule has 0 saturated heterocycles. The quantitative estimate of drug-likeness (QED) is 0.496. The summed E-state index contributed by atoms with van der Waals surface area (Å²) in [5.41, 5.74) is 5.85. The third-order valence-electron chi connectivity index (χ3n) is 3.98. The minimum atomic E-state index is -1.26. The lowest BCUT2D eigenvalue weighted by Gasteiger charge is -2.31. The maximum Gasteiger partial charge on any atom is 0.319 e. The topological polar surface area (TPSA) is 132 Å². The summed E-state index contributed by atoms with van der Waals surface area (Å²) in [5.74, 6) is -3.76. The molecule has 0 bridgehead atoms. The molecule has 2 atom stereocenters. The van der Waals surface area contributed by atoms with Crippen LogP contribution in [0.5, 0.6) is 5.75 Å². The second-order valence-electron chi connectivity index (χ2n) is 5.78. The van der Waals surface area contributed by atoms with Crippen molar-refractivity contribution in [2.45, 2.75) is 19.8 Å². The smallest absolute Gasteiger partial charge is 0.319 e. The highest BCUT2D eigenvalue weighted by Gasteiger charge is 2.45. The number of rotatable bonds is 8. The molecule has 148 valence electrons. The number of benzene rings is 1. The van der Waals surface area contributed by atoms with Crippen LogP contribution in [-0.4, -0.2) is 36.8 Å². The summed E-state index contributed by atoms with van der Waals surface area (Å²) in [5, 5.41) is 12.6. The summed E-state index contributed by atoms with van der Waals surface area (Å²) in [6.07, 6.45) is 0. The third-order valence-corrected chi connectivity index (χ3v) is 5.02. The Morgan fingerprint density at radius 3 is 2.61 bits per heavy atom. The summed E-state index contributed by atoms with van der Waals surface area (Å²) < 4.78 is 10.7. The molecule has 1 aromatic carbocycles. The van der Waals surface area contributed by atoms with Crippen molar-refractivity contribution in [1.29, 1.82) is 5.26 Å². The second-order valence-corrected chi connectivity index (χ2v) is 6.76. The Balaban J connectivity index is 2.64. The number of amides is 2. The van der Waals surface area contributed by atoms with Gasteiger partial charge >= 0.3 is 5.97 Å². The van der Waals surface area contributed by atoms with E-state index in [1.807, 2.05) is 6.92 Å². The Bertz CT molecular complexity index is 846. The lowest BCUT2D eigenvalue weighted by molar-refractivity contribution is -0.152. The van der Waals surface area contributed by atoms with E-state index in [-0.39, 0.29) is 23.0 Å². The number of nitriles is 1. The van der Waals surface area contributed by atoms with Crippen LogP contribution in [0.15, 0.2) is 34.9 Å². The van der Waals surface area contributed by atoms with Crippen molar-refractivity contribution < 1.29 is 23.9 Å². The molecule has 1 aliphatic heterocycles. The number of nitrogens with one attached hydrogen (secondary N) is 1. The lowest BCUT2D eigenvalue weighted by Crippen LogP contribution is -2.44. The Morgan fingerprint density at radius 1 is 1.29 bits per heavy atom. The van der Waals surface area contributed by atoms with Crippen molar-refractivity contribution >= 4 is 29.5 Å². The molecule has 0 unspecified atom stereocenters. The Kier molecular flexibility index (Phi) is 7.46. The van der Waals surface area contributed by atoms with Gasteiger partial charge < -0.3 is 20.5 Å². The summed E-state index contributed by atoms with van der Waals surface area (Å²) in [7, 11) is 0. The predicted octanol–water partition coefficient (Wildman–Crippen LogP) is 1.43. The van der Waals surface area contributed by atoms with E-state index in [0.29, 0.717) is 17.9 Å². The first kappa shape index (κ1) is 21.3. The minimum Gasteiger partial charge on any atom is -0.494 e. The number of nitrogens with zero attached hydrogens (tertiary/aromatic N) is 1. The van der Waals surface area contributed by atoms with Gasteiger partial charge in [0.05, 0.1) is 35.6 Å². The van der Waals surface area contributed by atoms with Crippen molar-refractivity contribution in [3.63, 3.8) is 0 Å². The van der Waals surface area contributed by atoms with Gasteiger partial charge in [0, 0.05) is 11.5 Å². The fourth-order valence-corrected chi connectivity index (χ4v) is 3.72. The number of primary amides is 1. The SMILES string of the molecule is CCOC(=O)[C@H]1C(=O)NC(SCC(N)=O)=C(C#N)[C@H]1c1ccccc1OCC. The van der Waals surface area contributed by atoms with Crippen molar-refractivity contribution in [2.24, 2.45) is 11.7 Å². The molecule has 3 N–H and O–H groups in total. The Hall–Kier alpha value is -2.99. The second kappa shape index (κ2) is 9.80. The highest BCUT2D eigenvalue weighted by atomic mass is 32.2. The zero-order chi connectivity index (χ0) is 20.7. The maximum atomic E-state index is 12.8. The highest BCUT2D eigenvalue weighted by molar-refractivity contribution is 8.03. The number of esters is 1. The van der Waals surface area contributed by atoms with Gasteiger partial charge in [-0.15, -0.1) is 0 Å². The summed E-state index contributed by atoms with van der Waals surface area (Å²) in [6, 6.07) is 8.97. The first-order valence-corrected chi connectivity index (χ1v) is 9.67. The third kappa shape index (κ3) is 4.64. The van der Waals surface area contributed by atoms with Crippen LogP contribution in [0, 0.1) is 17.2 Å². The van der Waals surface area contributed by atoms with Gasteiger partial charge in [-0.2, -0.15) is 5.26 Å². The summed E-state index contributed by atoms with van der Waals surface area (Å²) in [4.78, 5) is 36.5. The molecular weight excluding hydrogens is 382 g/mol. The number of thioether (sulfide) groups is 1. The molecule has 8 nitrogen and oxygen atoms in total. The number of allylic oxidation sites excluding steroid dienone is 1. The van der Waals surface area contributed by atoms with Gasteiger partial charge in [-0.3, -0.25) is 14.4 Å². The van der Waals surface area contributed by atoms with Gasteiger partial charge in [0.1, 0.15) is 11.7 Å². The van der Waals surface area contributed by atoms with Gasteiger partial charge in [-0.25, -0.2) is 0 Å². The van der Waals surface area contributed by atoms with Crippen LogP contribution in [0.25, 0.3) is 0 Å². The van der Waals surface area contributed by atoms with Crippen LogP contribution in [-0.2, 0) is 19.1 Å². The van der Waals surface area contributed by atoms with E-state index >= 15 is 0 Å². The molecule has 0 aliphatic carbocycles. The monoisotopic (exact) mass is 403 g/mol. The molecule has 0 spiro atoms. The zero-order valence-corrected chi connectivity index (χ0v) is 16.4. The molecule has 1 aromatic rings. The van der Waals surface area contributed by atoms with Gasteiger partial charge in [-0.05, 0) is 19.9 Å². The number of carbonyl (C=O) groups is 3. The standard InChI is InChI=1S/C19H21N3O5S/c1-3-26-13-8-6-5-7-11(13)15-12(9-20)18(28-10-14(21)23)22-17(24)16(15)19(25)27-4-2/h5-8,15-16H,3-4,10H2,1-2H3,(H2,21,23)(H,22,24)/t15-,16-/m1/s1. The average molecular weight is 403 g/mol.